The number of aryl methyl sites for hydroxylation is 2. The molecular weight excluding hydrogens is 479 g/mol. The summed E-state index contributed by atoms with van der Waals surface area (Å²) in [6.45, 7) is 6.35. The van der Waals surface area contributed by atoms with Gasteiger partial charge in [-0.1, -0.05) is 43.6 Å². The Hall–Kier alpha value is -2.58. The normalized spacial score (nSPS) is 15.1. The molecule has 0 aromatic heterocycles. The molecule has 1 aliphatic heterocycles. The number of carbonyl (C=O) groups is 2. The van der Waals surface area contributed by atoms with Crippen LogP contribution in [0.15, 0.2) is 36.4 Å². The minimum Gasteiger partial charge on any atom is -0.341 e. The van der Waals surface area contributed by atoms with Gasteiger partial charge in [0.15, 0.2) is 0 Å². The molecule has 1 saturated heterocycles. The molecule has 0 bridgehead atoms. The van der Waals surface area contributed by atoms with E-state index in [0.29, 0.717) is 32.6 Å². The standard InChI is InChI=1S/C26H31ClF3N3O2/c1-3-18-7-5-8-19(4-2)25(18)31-23(34)17-32-11-6-12-33(14-13-32)24(35)16-20-15-21(26(28,29)30)9-10-22(20)27/h5,7-10,15H,3-4,6,11-14,16-17H2,1-2H3,(H,31,34). The summed E-state index contributed by atoms with van der Waals surface area (Å²) in [7, 11) is 0. The lowest BCUT2D eigenvalue weighted by atomic mass is 10.0. The van der Waals surface area contributed by atoms with Crippen LogP contribution in [-0.4, -0.2) is 54.3 Å². The van der Waals surface area contributed by atoms with Gasteiger partial charge in [0.05, 0.1) is 18.5 Å². The largest absolute Gasteiger partial charge is 0.416 e. The molecule has 0 aliphatic carbocycles. The summed E-state index contributed by atoms with van der Waals surface area (Å²) in [5.41, 5.74) is 2.41. The molecule has 0 unspecified atom stereocenters. The van der Waals surface area contributed by atoms with Gasteiger partial charge in [-0.25, -0.2) is 0 Å². The number of carbonyl (C=O) groups excluding carboxylic acids is 2. The van der Waals surface area contributed by atoms with Gasteiger partial charge in [0, 0.05) is 36.9 Å². The molecule has 0 saturated carbocycles. The number of alkyl halides is 3. The van der Waals surface area contributed by atoms with Gasteiger partial charge in [-0.15, -0.1) is 0 Å². The van der Waals surface area contributed by atoms with Crippen LogP contribution in [0.1, 0.15) is 42.5 Å². The number of para-hydroxylation sites is 1. The summed E-state index contributed by atoms with van der Waals surface area (Å²) in [6.07, 6.45) is -2.39. The fraction of sp³-hybridized carbons (Fsp3) is 0.462. The quantitative estimate of drug-likeness (QED) is 0.558. The topological polar surface area (TPSA) is 52.7 Å². The van der Waals surface area contributed by atoms with Crippen LogP contribution in [0.2, 0.25) is 5.02 Å². The Morgan fingerprint density at radius 1 is 0.971 bits per heavy atom. The third-order valence-corrected chi connectivity index (χ3v) is 6.66. The summed E-state index contributed by atoms with van der Waals surface area (Å²) in [6, 6.07) is 9.05. The number of anilines is 1. The van der Waals surface area contributed by atoms with Crippen molar-refractivity contribution in [3.05, 3.63) is 63.7 Å². The van der Waals surface area contributed by atoms with Gasteiger partial charge in [-0.05, 0) is 54.2 Å². The second kappa shape index (κ2) is 11.9. The Bertz CT molecular complexity index is 1040. The molecule has 2 amide bonds. The molecule has 9 heteroatoms. The zero-order valence-electron chi connectivity index (χ0n) is 20.1. The van der Waals surface area contributed by atoms with Crippen molar-refractivity contribution in [1.29, 1.82) is 0 Å². The maximum absolute atomic E-state index is 13.0. The number of nitrogens with one attached hydrogen (secondary N) is 1. The summed E-state index contributed by atoms with van der Waals surface area (Å²) in [5.74, 6) is -0.377. The Kier molecular flexibility index (Phi) is 9.19. The number of hydrogen-bond donors (Lipinski definition) is 1. The SMILES string of the molecule is CCc1cccc(CC)c1NC(=O)CN1CCCN(C(=O)Cc2cc(C(F)(F)F)ccc2Cl)CC1. The van der Waals surface area contributed by atoms with Crippen molar-refractivity contribution in [2.24, 2.45) is 0 Å². The van der Waals surface area contributed by atoms with Crippen LogP contribution in [0, 0.1) is 0 Å². The monoisotopic (exact) mass is 509 g/mol. The summed E-state index contributed by atoms with van der Waals surface area (Å²) in [4.78, 5) is 29.3. The average Bonchev–Trinajstić information content (AvgIpc) is 3.05. The Morgan fingerprint density at radius 2 is 1.66 bits per heavy atom. The van der Waals surface area contributed by atoms with E-state index in [-0.39, 0.29) is 35.4 Å². The first kappa shape index (κ1) is 27.0. The molecule has 1 aliphatic rings. The van der Waals surface area contributed by atoms with Gasteiger partial charge in [-0.3, -0.25) is 14.5 Å². The van der Waals surface area contributed by atoms with Gasteiger partial charge >= 0.3 is 6.18 Å². The lowest BCUT2D eigenvalue weighted by molar-refractivity contribution is -0.138. The Morgan fingerprint density at radius 3 is 2.29 bits per heavy atom. The van der Waals surface area contributed by atoms with E-state index in [1.54, 1.807) is 4.90 Å². The molecule has 1 N–H and O–H groups in total. The van der Waals surface area contributed by atoms with Gasteiger partial charge in [-0.2, -0.15) is 13.2 Å². The highest BCUT2D eigenvalue weighted by Gasteiger charge is 2.31. The lowest BCUT2D eigenvalue weighted by Gasteiger charge is -2.22. The number of hydrogen-bond acceptors (Lipinski definition) is 3. The van der Waals surface area contributed by atoms with E-state index < -0.39 is 11.7 Å². The number of halogens is 4. The maximum Gasteiger partial charge on any atom is 0.416 e. The fourth-order valence-electron chi connectivity index (χ4n) is 4.32. The molecule has 2 aromatic carbocycles. The second-order valence-corrected chi connectivity index (χ2v) is 9.10. The highest BCUT2D eigenvalue weighted by atomic mass is 35.5. The number of amides is 2. The Labute approximate surface area is 209 Å². The first-order chi connectivity index (χ1) is 16.6. The third kappa shape index (κ3) is 7.21. The van der Waals surface area contributed by atoms with Gasteiger partial charge in [0.25, 0.3) is 0 Å². The summed E-state index contributed by atoms with van der Waals surface area (Å²) < 4.78 is 39.1. The average molecular weight is 510 g/mol. The van der Waals surface area contributed by atoms with Crippen LogP contribution in [-0.2, 0) is 35.0 Å². The molecule has 5 nitrogen and oxygen atoms in total. The first-order valence-electron chi connectivity index (χ1n) is 11.9. The molecule has 190 valence electrons. The highest BCUT2D eigenvalue weighted by Crippen LogP contribution is 2.32. The molecule has 0 radical (unpaired) electrons. The molecule has 1 fully saturated rings. The van der Waals surface area contributed by atoms with E-state index >= 15 is 0 Å². The Balaban J connectivity index is 1.58. The van der Waals surface area contributed by atoms with Gasteiger partial charge in [0.1, 0.15) is 0 Å². The van der Waals surface area contributed by atoms with Crippen molar-refractivity contribution >= 4 is 29.1 Å². The van der Waals surface area contributed by atoms with Crippen LogP contribution >= 0.6 is 11.6 Å². The van der Waals surface area contributed by atoms with Crippen molar-refractivity contribution in [3.63, 3.8) is 0 Å². The van der Waals surface area contributed by atoms with Crippen molar-refractivity contribution in [3.8, 4) is 0 Å². The summed E-state index contributed by atoms with van der Waals surface area (Å²) >= 11 is 6.06. The van der Waals surface area contributed by atoms with Crippen LogP contribution < -0.4 is 5.32 Å². The predicted octanol–water partition coefficient (Wildman–Crippen LogP) is 5.20. The molecule has 0 spiro atoms. The number of nitrogens with zero attached hydrogens (tertiary/aromatic N) is 2. The maximum atomic E-state index is 13.0. The molecule has 3 rings (SSSR count). The van der Waals surface area contributed by atoms with Crippen molar-refractivity contribution in [2.75, 3.05) is 38.0 Å². The van der Waals surface area contributed by atoms with Crippen molar-refractivity contribution in [2.45, 2.75) is 45.7 Å². The second-order valence-electron chi connectivity index (χ2n) is 8.70. The zero-order chi connectivity index (χ0) is 25.6. The van der Waals surface area contributed by atoms with E-state index in [9.17, 15) is 22.8 Å². The number of rotatable bonds is 7. The van der Waals surface area contributed by atoms with Crippen LogP contribution in [0.25, 0.3) is 0 Å². The van der Waals surface area contributed by atoms with Crippen molar-refractivity contribution in [1.82, 2.24) is 9.80 Å². The smallest absolute Gasteiger partial charge is 0.341 e. The van der Waals surface area contributed by atoms with Gasteiger partial charge in [0.2, 0.25) is 11.8 Å². The predicted molar refractivity (Wildman–Crippen MR) is 132 cm³/mol. The zero-order valence-corrected chi connectivity index (χ0v) is 20.8. The van der Waals surface area contributed by atoms with E-state index in [2.05, 4.69) is 19.2 Å². The molecule has 0 atom stereocenters. The van der Waals surface area contributed by atoms with Crippen LogP contribution in [0.5, 0.6) is 0 Å². The molecule has 1 heterocycles. The molecular formula is C26H31ClF3N3O2. The van der Waals surface area contributed by atoms with E-state index in [1.807, 2.05) is 23.1 Å². The third-order valence-electron chi connectivity index (χ3n) is 6.29. The molecule has 35 heavy (non-hydrogen) atoms. The van der Waals surface area contributed by atoms with E-state index in [4.69, 9.17) is 11.6 Å². The number of benzene rings is 2. The van der Waals surface area contributed by atoms with Crippen molar-refractivity contribution < 1.29 is 22.8 Å². The highest BCUT2D eigenvalue weighted by molar-refractivity contribution is 6.31. The first-order valence-corrected chi connectivity index (χ1v) is 12.3. The fourth-order valence-corrected chi connectivity index (χ4v) is 4.51. The lowest BCUT2D eigenvalue weighted by Crippen LogP contribution is -2.38. The summed E-state index contributed by atoms with van der Waals surface area (Å²) in [5, 5.41) is 3.21. The van der Waals surface area contributed by atoms with Crippen LogP contribution in [0.3, 0.4) is 0 Å². The van der Waals surface area contributed by atoms with E-state index in [0.717, 1.165) is 41.8 Å². The van der Waals surface area contributed by atoms with Gasteiger partial charge < -0.3 is 10.2 Å². The minimum absolute atomic E-state index is 0.101. The van der Waals surface area contributed by atoms with E-state index in [1.165, 1.54) is 6.07 Å². The van der Waals surface area contributed by atoms with Crippen LogP contribution in [0.4, 0.5) is 18.9 Å². The minimum atomic E-state index is -4.50. The molecule has 2 aromatic rings.